The van der Waals surface area contributed by atoms with Crippen LogP contribution in [0, 0.1) is 0 Å². The topological polar surface area (TPSA) is 58.6 Å². The predicted molar refractivity (Wildman–Crippen MR) is 93.7 cm³/mol. The van der Waals surface area contributed by atoms with E-state index in [2.05, 4.69) is 21.2 Å². The van der Waals surface area contributed by atoms with Crippen molar-refractivity contribution in [3.63, 3.8) is 0 Å². The average Bonchev–Trinajstić information content (AvgIpc) is 2.80. The first-order chi connectivity index (χ1) is 11.5. The molecular weight excluding hydrogens is 372 g/mol. The second-order valence-corrected chi connectivity index (χ2v) is 6.60. The Kier molecular flexibility index (Phi) is 4.57. The molecule has 2 aromatic carbocycles. The molecule has 1 saturated heterocycles. The molecule has 3 amide bonds. The maximum absolute atomic E-state index is 12.7. The van der Waals surface area contributed by atoms with Gasteiger partial charge in [-0.2, -0.15) is 0 Å². The molecule has 1 atom stereocenters. The third kappa shape index (κ3) is 3.14. The van der Waals surface area contributed by atoms with Crippen LogP contribution in [0.3, 0.4) is 0 Å². The summed E-state index contributed by atoms with van der Waals surface area (Å²) in [6.45, 7) is 2.17. The minimum atomic E-state index is -1.05. The highest BCUT2D eigenvalue weighted by molar-refractivity contribution is 9.10. The van der Waals surface area contributed by atoms with E-state index in [1.807, 2.05) is 54.6 Å². The summed E-state index contributed by atoms with van der Waals surface area (Å²) in [5, 5.41) is 2.78. The van der Waals surface area contributed by atoms with Crippen LogP contribution in [0.15, 0.2) is 59.1 Å². The van der Waals surface area contributed by atoms with Gasteiger partial charge in [-0.25, -0.2) is 4.79 Å². The van der Waals surface area contributed by atoms with Crippen LogP contribution in [0.1, 0.15) is 12.5 Å². The van der Waals surface area contributed by atoms with Gasteiger partial charge in [-0.1, -0.05) is 46.3 Å². The molecule has 1 heterocycles. The fourth-order valence-corrected chi connectivity index (χ4v) is 2.91. The van der Waals surface area contributed by atoms with E-state index >= 15 is 0 Å². The lowest BCUT2D eigenvalue weighted by Crippen LogP contribution is -2.41. The third-order valence-electron chi connectivity index (χ3n) is 4.02. The first kappa shape index (κ1) is 16.5. The molecule has 1 aliphatic rings. The normalized spacial score (nSPS) is 20.2. The lowest BCUT2D eigenvalue weighted by Gasteiger charge is -2.22. The number of hydrogen-bond donors (Lipinski definition) is 1. The van der Waals surface area contributed by atoms with Crippen molar-refractivity contribution in [2.24, 2.45) is 0 Å². The number of amides is 3. The Hall–Kier alpha value is -2.34. The molecule has 6 heteroatoms. The Morgan fingerprint density at radius 3 is 2.42 bits per heavy atom. The lowest BCUT2D eigenvalue weighted by atomic mass is 9.92. The number of urea groups is 1. The van der Waals surface area contributed by atoms with Gasteiger partial charge in [0.05, 0.1) is 6.54 Å². The van der Waals surface area contributed by atoms with E-state index in [1.165, 1.54) is 4.90 Å². The number of rotatable bonds is 5. The van der Waals surface area contributed by atoms with Crippen LogP contribution in [0.5, 0.6) is 5.75 Å². The highest BCUT2D eigenvalue weighted by atomic mass is 79.9. The largest absolute Gasteiger partial charge is 0.492 e. The molecule has 0 unspecified atom stereocenters. The van der Waals surface area contributed by atoms with Gasteiger partial charge < -0.3 is 10.1 Å². The van der Waals surface area contributed by atoms with Gasteiger partial charge in [0.1, 0.15) is 17.9 Å². The Morgan fingerprint density at radius 2 is 1.75 bits per heavy atom. The van der Waals surface area contributed by atoms with Crippen LogP contribution >= 0.6 is 15.9 Å². The maximum atomic E-state index is 12.7. The number of hydrogen-bond acceptors (Lipinski definition) is 3. The number of nitrogens with zero attached hydrogens (tertiary/aromatic N) is 1. The molecule has 3 rings (SSSR count). The third-order valence-corrected chi connectivity index (χ3v) is 4.55. The van der Waals surface area contributed by atoms with Gasteiger partial charge in [-0.15, -0.1) is 0 Å². The zero-order chi connectivity index (χ0) is 17.2. The number of carbonyl (C=O) groups is 2. The van der Waals surface area contributed by atoms with Crippen LogP contribution in [0.2, 0.25) is 0 Å². The van der Waals surface area contributed by atoms with Crippen molar-refractivity contribution in [1.82, 2.24) is 10.2 Å². The van der Waals surface area contributed by atoms with Gasteiger partial charge in [0, 0.05) is 4.47 Å². The minimum absolute atomic E-state index is 0.200. The fraction of sp³-hybridized carbons (Fsp3) is 0.222. The SMILES string of the molecule is C[C@]1(c2ccc(Br)cc2)NC(=O)N(CCOc2ccccc2)C1=O. The summed E-state index contributed by atoms with van der Waals surface area (Å²) in [6.07, 6.45) is 0. The number of ether oxygens (including phenoxy) is 1. The number of carbonyl (C=O) groups excluding carboxylic acids is 2. The van der Waals surface area contributed by atoms with Crippen LogP contribution in [0.25, 0.3) is 0 Å². The Balaban J connectivity index is 1.68. The number of para-hydroxylation sites is 1. The number of imide groups is 1. The predicted octanol–water partition coefficient (Wildman–Crippen LogP) is 3.30. The monoisotopic (exact) mass is 388 g/mol. The second kappa shape index (κ2) is 6.65. The van der Waals surface area contributed by atoms with Crippen molar-refractivity contribution < 1.29 is 14.3 Å². The van der Waals surface area contributed by atoms with Crippen molar-refractivity contribution in [3.05, 3.63) is 64.6 Å². The van der Waals surface area contributed by atoms with E-state index in [4.69, 9.17) is 4.74 Å². The zero-order valence-electron chi connectivity index (χ0n) is 13.2. The molecule has 0 radical (unpaired) electrons. The molecule has 1 aliphatic heterocycles. The highest BCUT2D eigenvalue weighted by Gasteiger charge is 2.48. The van der Waals surface area contributed by atoms with Gasteiger partial charge in [-0.05, 0) is 36.8 Å². The van der Waals surface area contributed by atoms with Gasteiger partial charge in [0.25, 0.3) is 5.91 Å². The zero-order valence-corrected chi connectivity index (χ0v) is 14.7. The van der Waals surface area contributed by atoms with Gasteiger partial charge >= 0.3 is 6.03 Å². The van der Waals surface area contributed by atoms with Crippen LogP contribution in [0.4, 0.5) is 4.79 Å². The molecule has 0 bridgehead atoms. The highest BCUT2D eigenvalue weighted by Crippen LogP contribution is 2.29. The standard InChI is InChI=1S/C18H17BrN2O3/c1-18(13-7-9-14(19)10-8-13)16(22)21(17(23)20-18)11-12-24-15-5-3-2-4-6-15/h2-10H,11-12H2,1H3,(H,20,23)/t18-/m1/s1. The number of halogens is 1. The van der Waals surface area contributed by atoms with Crippen molar-refractivity contribution >= 4 is 27.9 Å². The van der Waals surface area contributed by atoms with E-state index in [0.29, 0.717) is 5.75 Å². The van der Waals surface area contributed by atoms with Crippen molar-refractivity contribution in [3.8, 4) is 5.75 Å². The molecule has 0 aromatic heterocycles. The van der Waals surface area contributed by atoms with Crippen LogP contribution in [-0.4, -0.2) is 30.0 Å². The van der Waals surface area contributed by atoms with Gasteiger partial charge in [0.15, 0.2) is 0 Å². The summed E-state index contributed by atoms with van der Waals surface area (Å²) < 4.78 is 6.49. The number of benzene rings is 2. The summed E-state index contributed by atoms with van der Waals surface area (Å²) >= 11 is 3.37. The van der Waals surface area contributed by atoms with E-state index in [0.717, 1.165) is 10.0 Å². The molecule has 1 fully saturated rings. The molecule has 2 aromatic rings. The molecular formula is C18H17BrN2O3. The smallest absolute Gasteiger partial charge is 0.325 e. The Labute approximate surface area is 148 Å². The minimum Gasteiger partial charge on any atom is -0.492 e. The summed E-state index contributed by atoms with van der Waals surface area (Å²) in [4.78, 5) is 26.2. The molecule has 24 heavy (non-hydrogen) atoms. The van der Waals surface area contributed by atoms with Crippen molar-refractivity contribution in [2.75, 3.05) is 13.2 Å². The average molecular weight is 389 g/mol. The van der Waals surface area contributed by atoms with Crippen LogP contribution in [-0.2, 0) is 10.3 Å². The quantitative estimate of drug-likeness (QED) is 0.799. The molecule has 0 saturated carbocycles. The first-order valence-corrected chi connectivity index (χ1v) is 8.38. The summed E-state index contributed by atoms with van der Waals surface area (Å²) in [5.74, 6) is 0.437. The Bertz CT molecular complexity index is 749. The van der Waals surface area contributed by atoms with Crippen LogP contribution < -0.4 is 10.1 Å². The molecule has 1 N–H and O–H groups in total. The first-order valence-electron chi connectivity index (χ1n) is 7.59. The van der Waals surface area contributed by atoms with E-state index < -0.39 is 11.6 Å². The van der Waals surface area contributed by atoms with E-state index in [1.54, 1.807) is 6.92 Å². The fourth-order valence-electron chi connectivity index (χ4n) is 2.65. The summed E-state index contributed by atoms with van der Waals surface area (Å²) in [6, 6.07) is 16.2. The van der Waals surface area contributed by atoms with Crippen molar-refractivity contribution in [2.45, 2.75) is 12.5 Å². The second-order valence-electron chi connectivity index (χ2n) is 5.68. The molecule has 0 spiro atoms. The van der Waals surface area contributed by atoms with Crippen molar-refractivity contribution in [1.29, 1.82) is 0 Å². The molecule has 5 nitrogen and oxygen atoms in total. The number of nitrogens with one attached hydrogen (secondary N) is 1. The van der Waals surface area contributed by atoms with Gasteiger partial charge in [-0.3, -0.25) is 9.69 Å². The molecule has 0 aliphatic carbocycles. The summed E-state index contributed by atoms with van der Waals surface area (Å²) in [5.41, 5.74) is -0.305. The van der Waals surface area contributed by atoms with Gasteiger partial charge in [0.2, 0.25) is 0 Å². The summed E-state index contributed by atoms with van der Waals surface area (Å²) in [7, 11) is 0. The molecule has 124 valence electrons. The maximum Gasteiger partial charge on any atom is 0.325 e. The lowest BCUT2D eigenvalue weighted by molar-refractivity contribution is -0.131. The van der Waals surface area contributed by atoms with E-state index in [-0.39, 0.29) is 19.1 Å². The van der Waals surface area contributed by atoms with E-state index in [9.17, 15) is 9.59 Å². The Morgan fingerprint density at radius 1 is 1.08 bits per heavy atom.